The van der Waals surface area contributed by atoms with E-state index in [1.807, 2.05) is 0 Å². The smallest absolute Gasteiger partial charge is 0.337 e. The minimum absolute atomic E-state index is 0.107. The molecular weight excluding hydrogens is 656 g/mol. The summed E-state index contributed by atoms with van der Waals surface area (Å²) in [5.41, 5.74) is 25.8. The van der Waals surface area contributed by atoms with Crippen molar-refractivity contribution in [3.63, 3.8) is 0 Å². The molecule has 0 aliphatic heterocycles. The summed E-state index contributed by atoms with van der Waals surface area (Å²) >= 11 is 0. The van der Waals surface area contributed by atoms with E-state index in [1.54, 1.807) is 72.8 Å². The molecule has 4 aromatic rings. The lowest BCUT2D eigenvalue weighted by Crippen LogP contribution is -2.21. The van der Waals surface area contributed by atoms with Crippen LogP contribution >= 0.6 is 0 Å². The fourth-order valence-electron chi connectivity index (χ4n) is 3.76. The van der Waals surface area contributed by atoms with E-state index >= 15 is 0 Å². The number of ether oxygens (including phenoxy) is 1. The minimum Gasteiger partial charge on any atom is -0.479 e. The maximum atomic E-state index is 10.7. The Morgan fingerprint density at radius 3 is 1.36 bits per heavy atom. The molecule has 0 aliphatic rings. The number of hydrogen-bond donors (Lipinski definition) is 11. The number of benzene rings is 4. The Kier molecular flexibility index (Phi) is 17.5. The lowest BCUT2D eigenvalue weighted by molar-refractivity contribution is -0.149. The molecule has 0 spiro atoms. The molecule has 0 bridgehead atoms. The molecule has 16 nitrogen and oxygen atoms in total. The molecule has 0 saturated heterocycles. The molecule has 0 aliphatic carbocycles. The molecule has 0 heterocycles. The van der Waals surface area contributed by atoms with E-state index in [2.05, 4.69) is 0 Å². The zero-order valence-electron chi connectivity index (χ0n) is 26.7. The summed E-state index contributed by atoms with van der Waals surface area (Å²) in [5, 5.41) is 61.2. The molecule has 4 rings (SSSR count). The molecule has 15 N–H and O–H groups in total. The average molecular weight is 697 g/mol. The monoisotopic (exact) mass is 696 g/mol. The largest absolute Gasteiger partial charge is 0.479 e. The van der Waals surface area contributed by atoms with Crippen LogP contribution < -0.4 is 22.9 Å². The highest BCUT2D eigenvalue weighted by Gasteiger charge is 2.19. The molecule has 0 aromatic heterocycles. The van der Waals surface area contributed by atoms with E-state index in [4.69, 9.17) is 63.4 Å². The Hall–Kier alpha value is -6.20. The highest BCUT2D eigenvalue weighted by molar-refractivity contribution is 5.75. The van der Waals surface area contributed by atoms with Crippen molar-refractivity contribution in [3.8, 4) is 0 Å². The standard InChI is InChI=1S/2C9H11NO3.2C8H9NO3/c1-13-8(9(11)12)6-3-2-4-7(10)5-6;10-7-3-1-6(2-4-7)5-8(11)9(12)13;9-6-3-1-5(2-4-6)7(10)8(11)12;9-6-3-1-2-5(4-6)7(10)8(11)12/h2-5,8H,10H2,1H3,(H,11,12);1-4,8,11H,5,10H2,(H,12,13);2*1-4,7,10H,9H2,(H,11,12). The maximum Gasteiger partial charge on any atom is 0.337 e. The molecule has 268 valence electrons. The average Bonchev–Trinajstić information content (AvgIpc) is 3.06. The number of nitrogen functional groups attached to an aromatic ring is 4. The van der Waals surface area contributed by atoms with E-state index in [-0.39, 0.29) is 6.42 Å². The second kappa shape index (κ2) is 20.9. The Balaban J connectivity index is 0.000000334. The first kappa shape index (κ1) is 41.8. The van der Waals surface area contributed by atoms with Crippen LogP contribution in [0.5, 0.6) is 0 Å². The second-order valence-corrected chi connectivity index (χ2v) is 10.2. The zero-order valence-corrected chi connectivity index (χ0v) is 26.7. The summed E-state index contributed by atoms with van der Waals surface area (Å²) in [7, 11) is 1.35. The number of anilines is 4. The number of methoxy groups -OCH3 is 1. The van der Waals surface area contributed by atoms with Crippen molar-refractivity contribution >= 4 is 46.6 Å². The van der Waals surface area contributed by atoms with Gasteiger partial charge in [0.25, 0.3) is 0 Å². The van der Waals surface area contributed by atoms with Gasteiger partial charge in [-0.2, -0.15) is 0 Å². The number of aliphatic hydroxyl groups excluding tert-OH is 3. The molecule has 0 fully saturated rings. The molecule has 4 unspecified atom stereocenters. The van der Waals surface area contributed by atoms with Gasteiger partial charge in [-0.3, -0.25) is 0 Å². The van der Waals surface area contributed by atoms with Crippen LogP contribution in [-0.2, 0) is 30.3 Å². The molecule has 16 heteroatoms. The number of rotatable bonds is 10. The number of nitrogens with two attached hydrogens (primary N) is 4. The fraction of sp³-hybridized carbons (Fsp3) is 0.176. The number of aliphatic hydroxyl groups is 3. The van der Waals surface area contributed by atoms with E-state index in [0.717, 1.165) is 5.56 Å². The summed E-state index contributed by atoms with van der Waals surface area (Å²) in [4.78, 5) is 41.6. The van der Waals surface area contributed by atoms with Crippen molar-refractivity contribution in [1.82, 2.24) is 0 Å². The SMILES string of the molecule is COC(C(=O)O)c1cccc(N)c1.Nc1ccc(C(O)C(=O)O)cc1.Nc1ccc(CC(O)C(=O)O)cc1.Nc1cccc(C(O)C(=O)O)c1. The van der Waals surface area contributed by atoms with Crippen molar-refractivity contribution in [1.29, 1.82) is 0 Å². The van der Waals surface area contributed by atoms with Gasteiger partial charge in [-0.15, -0.1) is 0 Å². The summed E-state index contributed by atoms with van der Waals surface area (Å²) in [5.74, 6) is -4.77. The van der Waals surface area contributed by atoms with Crippen LogP contribution in [0.15, 0.2) is 97.1 Å². The predicted octanol–water partition coefficient (Wildman–Crippen LogP) is 2.07. The lowest BCUT2D eigenvalue weighted by Gasteiger charge is -2.10. The van der Waals surface area contributed by atoms with Crippen LogP contribution in [0.3, 0.4) is 0 Å². The summed E-state index contributed by atoms with van der Waals surface area (Å²) < 4.78 is 4.80. The lowest BCUT2D eigenvalue weighted by atomic mass is 10.1. The van der Waals surface area contributed by atoms with Crippen molar-refractivity contribution < 1.29 is 59.7 Å². The quantitative estimate of drug-likeness (QED) is 0.106. The molecule has 50 heavy (non-hydrogen) atoms. The normalized spacial score (nSPS) is 12.4. The van der Waals surface area contributed by atoms with Crippen LogP contribution in [0, 0.1) is 0 Å². The molecule has 4 atom stereocenters. The van der Waals surface area contributed by atoms with Crippen LogP contribution in [0.2, 0.25) is 0 Å². The first-order valence-corrected chi connectivity index (χ1v) is 14.4. The van der Waals surface area contributed by atoms with Crippen LogP contribution in [0.1, 0.15) is 40.6 Å². The third-order valence-corrected chi connectivity index (χ3v) is 6.31. The van der Waals surface area contributed by atoms with Gasteiger partial charge in [0.05, 0.1) is 0 Å². The number of carboxylic acids is 4. The Morgan fingerprint density at radius 2 is 0.960 bits per heavy atom. The van der Waals surface area contributed by atoms with E-state index < -0.39 is 48.3 Å². The van der Waals surface area contributed by atoms with Gasteiger partial charge in [0, 0.05) is 36.3 Å². The van der Waals surface area contributed by atoms with Crippen molar-refractivity contribution in [2.24, 2.45) is 0 Å². The third kappa shape index (κ3) is 15.1. The highest BCUT2D eigenvalue weighted by atomic mass is 16.5. The van der Waals surface area contributed by atoms with Gasteiger partial charge in [0.15, 0.2) is 24.4 Å². The fourth-order valence-corrected chi connectivity index (χ4v) is 3.76. The molecule has 0 saturated carbocycles. The Morgan fingerprint density at radius 1 is 0.540 bits per heavy atom. The minimum atomic E-state index is -1.49. The first-order valence-electron chi connectivity index (χ1n) is 14.4. The van der Waals surface area contributed by atoms with Crippen molar-refractivity contribution in [3.05, 3.63) is 119 Å². The first-order chi connectivity index (χ1) is 23.5. The van der Waals surface area contributed by atoms with E-state index in [0.29, 0.717) is 39.4 Å². The molecule has 0 amide bonds. The highest BCUT2D eigenvalue weighted by Crippen LogP contribution is 2.19. The van der Waals surface area contributed by atoms with Gasteiger partial charge in [-0.25, -0.2) is 19.2 Å². The van der Waals surface area contributed by atoms with Gasteiger partial charge >= 0.3 is 23.9 Å². The number of aliphatic carboxylic acids is 4. The van der Waals surface area contributed by atoms with Gasteiger partial charge in [-0.1, -0.05) is 48.5 Å². The maximum absolute atomic E-state index is 10.7. The molecular formula is C34H40N4O12. The number of hydrogen-bond acceptors (Lipinski definition) is 12. The Bertz CT molecular complexity index is 1680. The van der Waals surface area contributed by atoms with Gasteiger partial charge in [0.2, 0.25) is 0 Å². The summed E-state index contributed by atoms with van der Waals surface area (Å²) in [6.45, 7) is 0. The van der Waals surface area contributed by atoms with E-state index in [1.165, 1.54) is 31.4 Å². The molecule has 4 aromatic carbocycles. The van der Waals surface area contributed by atoms with Crippen molar-refractivity contribution in [2.45, 2.75) is 30.8 Å². The van der Waals surface area contributed by atoms with Gasteiger partial charge in [-0.05, 0) is 70.8 Å². The van der Waals surface area contributed by atoms with Gasteiger partial charge in [0.1, 0.15) is 0 Å². The Labute approximate surface area is 286 Å². The third-order valence-electron chi connectivity index (χ3n) is 6.31. The second-order valence-electron chi connectivity index (χ2n) is 10.2. The molecule has 0 radical (unpaired) electrons. The van der Waals surface area contributed by atoms with Gasteiger partial charge < -0.3 is 63.4 Å². The number of carbonyl (C=O) groups is 4. The summed E-state index contributed by atoms with van der Waals surface area (Å²) in [6, 6.07) is 25.6. The van der Waals surface area contributed by atoms with Crippen LogP contribution in [0.25, 0.3) is 0 Å². The van der Waals surface area contributed by atoms with Crippen LogP contribution in [-0.4, -0.2) is 72.8 Å². The van der Waals surface area contributed by atoms with E-state index in [9.17, 15) is 19.2 Å². The predicted molar refractivity (Wildman–Crippen MR) is 183 cm³/mol. The van der Waals surface area contributed by atoms with Crippen molar-refractivity contribution in [2.75, 3.05) is 30.0 Å². The zero-order chi connectivity index (χ0) is 38.0. The summed E-state index contributed by atoms with van der Waals surface area (Å²) in [6.07, 6.45) is -5.14. The number of carboxylic acid groups (broad SMARTS) is 4. The van der Waals surface area contributed by atoms with Crippen LogP contribution in [0.4, 0.5) is 22.7 Å². The topological polar surface area (TPSA) is 323 Å².